The van der Waals surface area contributed by atoms with Crippen LogP contribution in [0.4, 0.5) is 10.1 Å². The van der Waals surface area contributed by atoms with Crippen molar-refractivity contribution in [1.29, 1.82) is 0 Å². The number of carbonyl (C=O) groups excluding carboxylic acids is 1. The lowest BCUT2D eigenvalue weighted by atomic mass is 10.3. The van der Waals surface area contributed by atoms with E-state index in [4.69, 9.17) is 11.6 Å². The first-order valence-corrected chi connectivity index (χ1v) is 7.62. The number of carbonyl (C=O) groups is 1. The van der Waals surface area contributed by atoms with Gasteiger partial charge in [-0.3, -0.25) is 9.59 Å². The number of benzene rings is 1. The SMILES string of the molecule is O=C(Cn1ccc2sccc2c1=O)Nc1ccc(Cl)cc1F. The number of anilines is 1. The second-order valence-corrected chi connectivity index (χ2v) is 6.00. The molecule has 7 heteroatoms. The lowest BCUT2D eigenvalue weighted by molar-refractivity contribution is -0.116. The van der Waals surface area contributed by atoms with Gasteiger partial charge in [0.25, 0.3) is 5.56 Å². The minimum Gasteiger partial charge on any atom is -0.322 e. The molecule has 0 unspecified atom stereocenters. The summed E-state index contributed by atoms with van der Waals surface area (Å²) in [5.41, 5.74) is -0.218. The van der Waals surface area contributed by atoms with E-state index >= 15 is 0 Å². The van der Waals surface area contributed by atoms with Crippen molar-refractivity contribution >= 4 is 44.6 Å². The standard InChI is InChI=1S/C15H10ClFN2O2S/c16-9-1-2-12(11(17)7-9)18-14(20)8-19-5-3-13-10(15(19)21)4-6-22-13/h1-7H,8H2,(H,18,20). The smallest absolute Gasteiger partial charge is 0.259 e. The third kappa shape index (κ3) is 2.88. The highest BCUT2D eigenvalue weighted by molar-refractivity contribution is 7.17. The highest BCUT2D eigenvalue weighted by Gasteiger charge is 2.10. The topological polar surface area (TPSA) is 51.1 Å². The Morgan fingerprint density at radius 1 is 1.32 bits per heavy atom. The van der Waals surface area contributed by atoms with Crippen LogP contribution in [0.3, 0.4) is 0 Å². The fourth-order valence-electron chi connectivity index (χ4n) is 2.07. The summed E-state index contributed by atoms with van der Waals surface area (Å²) in [6.07, 6.45) is 1.55. The number of nitrogens with one attached hydrogen (secondary N) is 1. The third-order valence-corrected chi connectivity index (χ3v) is 4.23. The number of rotatable bonds is 3. The molecule has 0 radical (unpaired) electrons. The average molecular weight is 337 g/mol. The molecule has 0 bridgehead atoms. The van der Waals surface area contributed by atoms with Gasteiger partial charge in [0.1, 0.15) is 12.4 Å². The van der Waals surface area contributed by atoms with Crippen molar-refractivity contribution in [2.45, 2.75) is 6.54 Å². The molecule has 0 fully saturated rings. The van der Waals surface area contributed by atoms with Crippen molar-refractivity contribution in [2.75, 3.05) is 5.32 Å². The van der Waals surface area contributed by atoms with Crippen molar-refractivity contribution in [1.82, 2.24) is 4.57 Å². The molecule has 2 aromatic heterocycles. The zero-order chi connectivity index (χ0) is 15.7. The van der Waals surface area contributed by atoms with Gasteiger partial charge in [0, 0.05) is 15.9 Å². The molecule has 4 nitrogen and oxygen atoms in total. The largest absolute Gasteiger partial charge is 0.322 e. The molecule has 112 valence electrons. The Labute approximate surface area is 133 Å². The van der Waals surface area contributed by atoms with Gasteiger partial charge < -0.3 is 9.88 Å². The van der Waals surface area contributed by atoms with Gasteiger partial charge in [-0.15, -0.1) is 11.3 Å². The van der Waals surface area contributed by atoms with Crippen LogP contribution in [-0.2, 0) is 11.3 Å². The number of hydrogen-bond acceptors (Lipinski definition) is 3. The zero-order valence-corrected chi connectivity index (χ0v) is 12.7. The predicted octanol–water partition coefficient (Wildman–Crippen LogP) is 3.49. The van der Waals surface area contributed by atoms with Crippen molar-refractivity contribution in [3.63, 3.8) is 0 Å². The minimum atomic E-state index is -0.624. The van der Waals surface area contributed by atoms with Crippen molar-refractivity contribution < 1.29 is 9.18 Å². The molecule has 0 spiro atoms. The molecular weight excluding hydrogens is 327 g/mol. The lowest BCUT2D eigenvalue weighted by Crippen LogP contribution is -2.27. The molecule has 1 amide bonds. The monoisotopic (exact) mass is 336 g/mol. The molecule has 0 aliphatic carbocycles. The van der Waals surface area contributed by atoms with Crippen molar-refractivity contribution in [3.05, 3.63) is 63.1 Å². The van der Waals surface area contributed by atoms with E-state index in [0.29, 0.717) is 5.39 Å². The van der Waals surface area contributed by atoms with Gasteiger partial charge >= 0.3 is 0 Å². The fourth-order valence-corrected chi connectivity index (χ4v) is 3.00. The second kappa shape index (κ2) is 5.90. The summed E-state index contributed by atoms with van der Waals surface area (Å²) in [6, 6.07) is 7.46. The number of hydrogen-bond donors (Lipinski definition) is 1. The van der Waals surface area contributed by atoms with Crippen LogP contribution in [0.25, 0.3) is 10.1 Å². The van der Waals surface area contributed by atoms with Gasteiger partial charge in [0.05, 0.1) is 11.1 Å². The van der Waals surface area contributed by atoms with Gasteiger partial charge in [-0.25, -0.2) is 4.39 Å². The average Bonchev–Trinajstić information content (AvgIpc) is 2.94. The van der Waals surface area contributed by atoms with E-state index in [1.165, 1.54) is 28.0 Å². The van der Waals surface area contributed by atoms with E-state index < -0.39 is 11.7 Å². The first kappa shape index (κ1) is 14.7. The molecule has 3 rings (SSSR count). The maximum absolute atomic E-state index is 13.6. The maximum Gasteiger partial charge on any atom is 0.259 e. The van der Waals surface area contributed by atoms with Crippen LogP contribution in [-0.4, -0.2) is 10.5 Å². The van der Waals surface area contributed by atoms with E-state index in [1.807, 2.05) is 5.38 Å². The minimum absolute atomic E-state index is 0.0269. The molecule has 3 aromatic rings. The Balaban J connectivity index is 1.81. The molecule has 1 aromatic carbocycles. The van der Waals surface area contributed by atoms with Gasteiger partial charge in [-0.2, -0.15) is 0 Å². The van der Waals surface area contributed by atoms with Gasteiger partial charge in [0.15, 0.2) is 0 Å². The summed E-state index contributed by atoms with van der Waals surface area (Å²) in [4.78, 5) is 24.2. The number of thiophene rings is 1. The zero-order valence-electron chi connectivity index (χ0n) is 11.2. The number of amides is 1. The van der Waals surface area contributed by atoms with E-state index in [2.05, 4.69) is 5.32 Å². The summed E-state index contributed by atoms with van der Waals surface area (Å²) >= 11 is 7.11. The van der Waals surface area contributed by atoms with Gasteiger partial charge in [-0.1, -0.05) is 11.6 Å². The predicted molar refractivity (Wildman–Crippen MR) is 86.1 cm³/mol. The normalized spacial score (nSPS) is 10.8. The number of aromatic nitrogens is 1. The maximum atomic E-state index is 13.6. The van der Waals surface area contributed by atoms with Crippen LogP contribution in [0.2, 0.25) is 5.02 Å². The lowest BCUT2D eigenvalue weighted by Gasteiger charge is -2.08. The first-order chi connectivity index (χ1) is 10.5. The van der Waals surface area contributed by atoms with E-state index in [9.17, 15) is 14.0 Å². The molecule has 2 heterocycles. The summed E-state index contributed by atoms with van der Waals surface area (Å²) in [5, 5.41) is 5.06. The first-order valence-electron chi connectivity index (χ1n) is 6.36. The molecule has 0 saturated carbocycles. The van der Waals surface area contributed by atoms with E-state index in [1.54, 1.807) is 18.3 Å². The van der Waals surface area contributed by atoms with Crippen LogP contribution in [0.1, 0.15) is 0 Å². The molecule has 0 atom stereocenters. The van der Waals surface area contributed by atoms with Crippen molar-refractivity contribution in [3.8, 4) is 0 Å². The van der Waals surface area contributed by atoms with Crippen LogP contribution in [0.15, 0.2) is 46.7 Å². The third-order valence-electron chi connectivity index (χ3n) is 3.11. The van der Waals surface area contributed by atoms with E-state index in [0.717, 1.165) is 10.8 Å². The Morgan fingerprint density at radius 2 is 2.14 bits per heavy atom. The molecule has 1 N–H and O–H groups in total. The Kier molecular flexibility index (Phi) is 3.96. The van der Waals surface area contributed by atoms with Gasteiger partial charge in [-0.05, 0) is 35.7 Å². The summed E-state index contributed by atoms with van der Waals surface area (Å²) in [6.45, 7) is -0.188. The Morgan fingerprint density at radius 3 is 2.91 bits per heavy atom. The van der Waals surface area contributed by atoms with Gasteiger partial charge in [0.2, 0.25) is 5.91 Å². The highest BCUT2D eigenvalue weighted by atomic mass is 35.5. The fraction of sp³-hybridized carbons (Fsp3) is 0.0667. The second-order valence-electron chi connectivity index (χ2n) is 4.62. The molecule has 0 aliphatic heterocycles. The van der Waals surface area contributed by atoms with Crippen molar-refractivity contribution in [2.24, 2.45) is 0 Å². The molecule has 0 aliphatic rings. The number of fused-ring (bicyclic) bond motifs is 1. The summed E-state index contributed by atoms with van der Waals surface area (Å²) in [7, 11) is 0. The van der Waals surface area contributed by atoms with Crippen LogP contribution >= 0.6 is 22.9 Å². The van der Waals surface area contributed by atoms with Crippen LogP contribution in [0, 0.1) is 5.82 Å². The highest BCUT2D eigenvalue weighted by Crippen LogP contribution is 2.19. The van der Waals surface area contributed by atoms with E-state index in [-0.39, 0.29) is 22.8 Å². The number of nitrogens with zero attached hydrogens (tertiary/aromatic N) is 1. The molecule has 0 saturated heterocycles. The number of halogens is 2. The summed E-state index contributed by atoms with van der Waals surface area (Å²) in [5.74, 6) is -1.11. The Hall–Kier alpha value is -2.18. The number of pyridine rings is 1. The van der Waals surface area contributed by atoms with Crippen LogP contribution in [0.5, 0.6) is 0 Å². The van der Waals surface area contributed by atoms with Crippen LogP contribution < -0.4 is 10.9 Å². The molecular formula is C15H10ClFN2O2S. The molecule has 22 heavy (non-hydrogen) atoms. The quantitative estimate of drug-likeness (QED) is 0.796. The summed E-state index contributed by atoms with van der Waals surface area (Å²) < 4.78 is 15.8. The Bertz CT molecular complexity index is 919.